The number of likely N-dealkylation sites (N-methyl/N-ethyl adjacent to an activating group) is 1. The van der Waals surface area contributed by atoms with Crippen molar-refractivity contribution >= 4 is 12.0 Å². The summed E-state index contributed by atoms with van der Waals surface area (Å²) in [6, 6.07) is 5.88. The fraction of sp³-hybridized carbons (Fsp3) is 0.438. The first-order valence-corrected chi connectivity index (χ1v) is 7.17. The highest BCUT2D eigenvalue weighted by atomic mass is 16.5. The Morgan fingerprint density at radius 2 is 2.29 bits per heavy atom. The summed E-state index contributed by atoms with van der Waals surface area (Å²) < 4.78 is 10.9. The van der Waals surface area contributed by atoms with Gasteiger partial charge in [-0.2, -0.15) is 0 Å². The average molecular weight is 290 g/mol. The third-order valence-corrected chi connectivity index (χ3v) is 3.34. The van der Waals surface area contributed by atoms with Crippen LogP contribution in [-0.4, -0.2) is 38.8 Å². The molecule has 0 aromatic heterocycles. The molecule has 1 aromatic rings. The Kier molecular flexibility index (Phi) is 5.22. The van der Waals surface area contributed by atoms with Crippen LogP contribution in [0.3, 0.4) is 0 Å². The molecule has 0 spiro atoms. The smallest absolute Gasteiger partial charge is 0.250 e. The van der Waals surface area contributed by atoms with Crippen LogP contribution in [0.15, 0.2) is 23.8 Å². The van der Waals surface area contributed by atoms with Crippen LogP contribution >= 0.6 is 0 Å². The van der Waals surface area contributed by atoms with E-state index < -0.39 is 0 Å². The molecule has 0 saturated heterocycles. The monoisotopic (exact) mass is 290 g/mol. The van der Waals surface area contributed by atoms with E-state index in [0.717, 1.165) is 12.1 Å². The Hall–Kier alpha value is -2.01. The number of methoxy groups -OCH3 is 1. The van der Waals surface area contributed by atoms with E-state index in [4.69, 9.17) is 9.47 Å². The molecule has 0 aliphatic carbocycles. The van der Waals surface area contributed by atoms with Crippen molar-refractivity contribution in [1.29, 1.82) is 0 Å². The SMILES string of the molecule is CCN[C@H](C)CNC(=O)C1=Cc2cccc(OC)c2OC1. The minimum absolute atomic E-state index is 0.0896. The highest BCUT2D eigenvalue weighted by molar-refractivity contribution is 5.99. The summed E-state index contributed by atoms with van der Waals surface area (Å²) in [7, 11) is 1.60. The molecule has 2 N–H and O–H groups in total. The van der Waals surface area contributed by atoms with Gasteiger partial charge in [0.25, 0.3) is 5.91 Å². The second-order valence-corrected chi connectivity index (χ2v) is 5.01. The molecule has 0 saturated carbocycles. The van der Waals surface area contributed by atoms with E-state index in [1.54, 1.807) is 7.11 Å². The number of nitrogens with one attached hydrogen (secondary N) is 2. The lowest BCUT2D eigenvalue weighted by Gasteiger charge is -2.20. The molecular weight excluding hydrogens is 268 g/mol. The zero-order chi connectivity index (χ0) is 15.2. The molecule has 1 aromatic carbocycles. The van der Waals surface area contributed by atoms with Crippen LogP contribution in [0.1, 0.15) is 19.4 Å². The maximum atomic E-state index is 12.2. The first kappa shape index (κ1) is 15.4. The second kappa shape index (κ2) is 7.13. The van der Waals surface area contributed by atoms with E-state index in [-0.39, 0.29) is 18.6 Å². The summed E-state index contributed by atoms with van der Waals surface area (Å²) in [5.74, 6) is 1.29. The number of carbonyl (C=O) groups excluding carboxylic acids is 1. The Labute approximate surface area is 125 Å². The third-order valence-electron chi connectivity index (χ3n) is 3.34. The molecule has 1 atom stereocenters. The highest BCUT2D eigenvalue weighted by Crippen LogP contribution is 2.35. The van der Waals surface area contributed by atoms with Gasteiger partial charge in [0.15, 0.2) is 11.5 Å². The number of amides is 1. The number of rotatable bonds is 6. The second-order valence-electron chi connectivity index (χ2n) is 5.01. The van der Waals surface area contributed by atoms with Gasteiger partial charge in [-0.25, -0.2) is 0 Å². The van der Waals surface area contributed by atoms with Gasteiger partial charge in [0.2, 0.25) is 0 Å². The standard InChI is InChI=1S/C16H22N2O3/c1-4-17-11(2)9-18-16(19)13-8-12-6-5-7-14(20-3)15(12)21-10-13/h5-8,11,17H,4,9-10H2,1-3H3,(H,18,19)/t11-/m1/s1. The Balaban J connectivity index is 2.04. The summed E-state index contributed by atoms with van der Waals surface area (Å²) >= 11 is 0. The largest absolute Gasteiger partial charge is 0.493 e. The number of hydrogen-bond donors (Lipinski definition) is 2. The maximum Gasteiger partial charge on any atom is 0.250 e. The summed E-state index contributed by atoms with van der Waals surface area (Å²) in [6.45, 7) is 5.82. The molecule has 0 radical (unpaired) electrons. The van der Waals surface area contributed by atoms with Crippen LogP contribution < -0.4 is 20.1 Å². The van der Waals surface area contributed by atoms with Crippen molar-refractivity contribution in [2.24, 2.45) is 0 Å². The van der Waals surface area contributed by atoms with Crippen LogP contribution in [0.4, 0.5) is 0 Å². The molecule has 1 aliphatic heterocycles. The van der Waals surface area contributed by atoms with E-state index in [0.29, 0.717) is 23.6 Å². The van der Waals surface area contributed by atoms with E-state index in [1.165, 1.54) is 0 Å². The van der Waals surface area contributed by atoms with Crippen molar-refractivity contribution in [1.82, 2.24) is 10.6 Å². The number of hydrogen-bond acceptors (Lipinski definition) is 4. The molecule has 5 heteroatoms. The number of para-hydroxylation sites is 1. The molecule has 0 fully saturated rings. The van der Waals surface area contributed by atoms with Crippen LogP contribution in [0.2, 0.25) is 0 Å². The van der Waals surface area contributed by atoms with E-state index >= 15 is 0 Å². The molecule has 114 valence electrons. The average Bonchev–Trinajstić information content (AvgIpc) is 2.51. The summed E-state index contributed by atoms with van der Waals surface area (Å²) in [5.41, 5.74) is 1.49. The lowest BCUT2D eigenvalue weighted by Crippen LogP contribution is -2.40. The van der Waals surface area contributed by atoms with Crippen molar-refractivity contribution in [3.05, 3.63) is 29.3 Å². The Bertz CT molecular complexity index is 540. The molecule has 1 aliphatic rings. The molecule has 5 nitrogen and oxygen atoms in total. The fourth-order valence-corrected chi connectivity index (χ4v) is 2.25. The van der Waals surface area contributed by atoms with Gasteiger partial charge >= 0.3 is 0 Å². The first-order chi connectivity index (χ1) is 10.2. The number of carbonyl (C=O) groups is 1. The zero-order valence-electron chi connectivity index (χ0n) is 12.7. The van der Waals surface area contributed by atoms with Crippen molar-refractivity contribution < 1.29 is 14.3 Å². The molecule has 1 amide bonds. The van der Waals surface area contributed by atoms with Crippen LogP contribution in [0.25, 0.3) is 6.08 Å². The lowest BCUT2D eigenvalue weighted by molar-refractivity contribution is -0.117. The van der Waals surface area contributed by atoms with Gasteiger partial charge in [-0.15, -0.1) is 0 Å². The minimum atomic E-state index is -0.0896. The maximum absolute atomic E-state index is 12.2. The van der Waals surface area contributed by atoms with Gasteiger partial charge in [0.05, 0.1) is 12.7 Å². The van der Waals surface area contributed by atoms with Gasteiger partial charge in [0.1, 0.15) is 6.61 Å². The molecule has 21 heavy (non-hydrogen) atoms. The molecular formula is C16H22N2O3. The lowest BCUT2D eigenvalue weighted by atomic mass is 10.1. The zero-order valence-corrected chi connectivity index (χ0v) is 12.7. The third kappa shape index (κ3) is 3.76. The predicted molar refractivity (Wildman–Crippen MR) is 82.6 cm³/mol. The minimum Gasteiger partial charge on any atom is -0.493 e. The normalized spacial score (nSPS) is 14.5. The van der Waals surface area contributed by atoms with Gasteiger partial charge in [-0.1, -0.05) is 19.1 Å². The van der Waals surface area contributed by atoms with Crippen LogP contribution in [0.5, 0.6) is 11.5 Å². The van der Waals surface area contributed by atoms with Crippen molar-refractivity contribution in [2.45, 2.75) is 19.9 Å². The predicted octanol–water partition coefficient (Wildman–Crippen LogP) is 1.59. The highest BCUT2D eigenvalue weighted by Gasteiger charge is 2.20. The van der Waals surface area contributed by atoms with Crippen molar-refractivity contribution in [2.75, 3.05) is 26.8 Å². The van der Waals surface area contributed by atoms with Crippen molar-refractivity contribution in [3.63, 3.8) is 0 Å². The number of fused-ring (bicyclic) bond motifs is 1. The number of ether oxygens (including phenoxy) is 2. The fourth-order valence-electron chi connectivity index (χ4n) is 2.25. The van der Waals surface area contributed by atoms with Crippen LogP contribution in [-0.2, 0) is 4.79 Å². The molecule has 1 heterocycles. The van der Waals surface area contributed by atoms with Gasteiger partial charge < -0.3 is 20.1 Å². The van der Waals surface area contributed by atoms with Gasteiger partial charge in [-0.05, 0) is 25.6 Å². The van der Waals surface area contributed by atoms with E-state index in [1.807, 2.05) is 38.1 Å². The first-order valence-electron chi connectivity index (χ1n) is 7.17. The van der Waals surface area contributed by atoms with Crippen molar-refractivity contribution in [3.8, 4) is 11.5 Å². The Morgan fingerprint density at radius 3 is 3.00 bits per heavy atom. The number of benzene rings is 1. The molecule has 2 rings (SSSR count). The topological polar surface area (TPSA) is 59.6 Å². The van der Waals surface area contributed by atoms with Gasteiger partial charge in [-0.3, -0.25) is 4.79 Å². The van der Waals surface area contributed by atoms with E-state index in [2.05, 4.69) is 10.6 Å². The summed E-state index contributed by atoms with van der Waals surface area (Å²) in [6.07, 6.45) is 1.86. The Morgan fingerprint density at radius 1 is 1.48 bits per heavy atom. The summed E-state index contributed by atoms with van der Waals surface area (Å²) in [4.78, 5) is 12.2. The van der Waals surface area contributed by atoms with E-state index in [9.17, 15) is 4.79 Å². The molecule has 0 bridgehead atoms. The summed E-state index contributed by atoms with van der Waals surface area (Å²) in [5, 5.41) is 6.17. The molecule has 0 unspecified atom stereocenters. The quantitative estimate of drug-likeness (QED) is 0.835. The van der Waals surface area contributed by atoms with Gasteiger partial charge in [0, 0.05) is 18.2 Å². The van der Waals surface area contributed by atoms with Crippen LogP contribution in [0, 0.1) is 0 Å².